The molecule has 0 radical (unpaired) electrons. The standard InChI is InChI=1S/C14H12N2O2S/c1-9(13-3-2-6-19-13)16-8-15-11-7-10(14(17)18)4-5-12(11)16/h2-9H,1H3,(H,17,18). The van der Waals surface area contributed by atoms with Crippen LogP contribution in [0, 0.1) is 0 Å². The van der Waals surface area contributed by atoms with Gasteiger partial charge in [0, 0.05) is 4.88 Å². The monoisotopic (exact) mass is 272 g/mol. The first-order valence-corrected chi connectivity index (χ1v) is 6.78. The van der Waals surface area contributed by atoms with Gasteiger partial charge in [-0.3, -0.25) is 0 Å². The minimum atomic E-state index is -0.928. The lowest BCUT2D eigenvalue weighted by Crippen LogP contribution is -2.03. The average Bonchev–Trinajstić information content (AvgIpc) is 3.06. The van der Waals surface area contributed by atoms with E-state index in [-0.39, 0.29) is 11.6 Å². The Labute approximate surface area is 113 Å². The summed E-state index contributed by atoms with van der Waals surface area (Å²) in [6.45, 7) is 2.11. The van der Waals surface area contributed by atoms with Gasteiger partial charge >= 0.3 is 5.97 Å². The van der Waals surface area contributed by atoms with Crippen LogP contribution in [0.3, 0.4) is 0 Å². The quantitative estimate of drug-likeness (QED) is 0.795. The van der Waals surface area contributed by atoms with Crippen molar-refractivity contribution in [2.75, 3.05) is 0 Å². The van der Waals surface area contributed by atoms with Gasteiger partial charge in [0.1, 0.15) is 0 Å². The molecule has 96 valence electrons. The van der Waals surface area contributed by atoms with Crippen LogP contribution in [-0.4, -0.2) is 20.6 Å². The van der Waals surface area contributed by atoms with E-state index in [0.717, 1.165) is 5.52 Å². The number of hydrogen-bond donors (Lipinski definition) is 1. The fraction of sp³-hybridized carbons (Fsp3) is 0.143. The Morgan fingerprint density at radius 1 is 1.42 bits per heavy atom. The van der Waals surface area contributed by atoms with Gasteiger partial charge in [-0.05, 0) is 36.6 Å². The van der Waals surface area contributed by atoms with E-state index in [2.05, 4.69) is 22.5 Å². The molecule has 4 nitrogen and oxygen atoms in total. The summed E-state index contributed by atoms with van der Waals surface area (Å²) >= 11 is 1.70. The van der Waals surface area contributed by atoms with Crippen molar-refractivity contribution in [2.24, 2.45) is 0 Å². The van der Waals surface area contributed by atoms with Gasteiger partial charge in [-0.2, -0.15) is 0 Å². The van der Waals surface area contributed by atoms with Crippen molar-refractivity contribution < 1.29 is 9.90 Å². The lowest BCUT2D eigenvalue weighted by Gasteiger charge is -2.12. The Balaban J connectivity index is 2.08. The van der Waals surface area contributed by atoms with Crippen molar-refractivity contribution in [2.45, 2.75) is 13.0 Å². The van der Waals surface area contributed by atoms with Crippen molar-refractivity contribution >= 4 is 28.3 Å². The molecule has 1 N–H and O–H groups in total. The Bertz CT molecular complexity index is 731. The molecule has 0 amide bonds. The van der Waals surface area contributed by atoms with Crippen LogP contribution in [0.2, 0.25) is 0 Å². The van der Waals surface area contributed by atoms with Crippen LogP contribution in [0.4, 0.5) is 0 Å². The van der Waals surface area contributed by atoms with Gasteiger partial charge in [-0.15, -0.1) is 11.3 Å². The molecule has 0 spiro atoms. The predicted octanol–water partition coefficient (Wildman–Crippen LogP) is 3.41. The highest BCUT2D eigenvalue weighted by Crippen LogP contribution is 2.26. The van der Waals surface area contributed by atoms with Crippen molar-refractivity contribution in [3.05, 3.63) is 52.5 Å². The molecule has 0 fully saturated rings. The molecular weight excluding hydrogens is 260 g/mol. The number of fused-ring (bicyclic) bond motifs is 1. The summed E-state index contributed by atoms with van der Waals surface area (Å²) in [6.07, 6.45) is 1.76. The van der Waals surface area contributed by atoms with Crippen LogP contribution in [0.15, 0.2) is 42.0 Å². The molecule has 3 aromatic rings. The third-order valence-corrected chi connectivity index (χ3v) is 4.24. The molecule has 0 saturated heterocycles. The van der Waals surface area contributed by atoms with Crippen molar-refractivity contribution in [1.29, 1.82) is 0 Å². The highest BCUT2D eigenvalue weighted by atomic mass is 32.1. The van der Waals surface area contributed by atoms with Gasteiger partial charge in [0.2, 0.25) is 0 Å². The number of nitrogens with zero attached hydrogens (tertiary/aromatic N) is 2. The van der Waals surface area contributed by atoms with Gasteiger partial charge in [-0.1, -0.05) is 6.07 Å². The van der Waals surface area contributed by atoms with E-state index in [4.69, 9.17) is 5.11 Å². The van der Waals surface area contributed by atoms with E-state index in [9.17, 15) is 4.79 Å². The molecule has 0 saturated carbocycles. The lowest BCUT2D eigenvalue weighted by atomic mass is 10.2. The van der Waals surface area contributed by atoms with E-state index in [1.807, 2.05) is 17.5 Å². The van der Waals surface area contributed by atoms with Crippen LogP contribution < -0.4 is 0 Å². The molecule has 0 aliphatic rings. The zero-order valence-corrected chi connectivity index (χ0v) is 11.1. The number of hydrogen-bond acceptors (Lipinski definition) is 3. The van der Waals surface area contributed by atoms with Crippen LogP contribution >= 0.6 is 11.3 Å². The molecule has 0 aliphatic heterocycles. The smallest absolute Gasteiger partial charge is 0.335 e. The summed E-state index contributed by atoms with van der Waals surface area (Å²) in [7, 11) is 0. The van der Waals surface area contributed by atoms with E-state index in [1.54, 1.807) is 29.8 Å². The summed E-state index contributed by atoms with van der Waals surface area (Å²) in [5, 5.41) is 11.0. The maximum atomic E-state index is 10.9. The van der Waals surface area contributed by atoms with Crippen LogP contribution in [-0.2, 0) is 0 Å². The highest BCUT2D eigenvalue weighted by molar-refractivity contribution is 7.10. The lowest BCUT2D eigenvalue weighted by molar-refractivity contribution is 0.0697. The maximum Gasteiger partial charge on any atom is 0.335 e. The van der Waals surface area contributed by atoms with Crippen molar-refractivity contribution in [1.82, 2.24) is 9.55 Å². The second kappa shape index (κ2) is 4.51. The highest BCUT2D eigenvalue weighted by Gasteiger charge is 2.13. The number of carboxylic acid groups (broad SMARTS) is 1. The molecule has 19 heavy (non-hydrogen) atoms. The number of thiophene rings is 1. The Morgan fingerprint density at radius 3 is 2.95 bits per heavy atom. The van der Waals surface area contributed by atoms with Crippen LogP contribution in [0.25, 0.3) is 11.0 Å². The molecule has 2 heterocycles. The molecule has 0 bridgehead atoms. The number of imidazole rings is 1. The fourth-order valence-electron chi connectivity index (χ4n) is 2.14. The zero-order chi connectivity index (χ0) is 13.4. The Hall–Kier alpha value is -2.14. The van der Waals surface area contributed by atoms with E-state index < -0.39 is 5.97 Å². The van der Waals surface area contributed by atoms with Gasteiger partial charge in [0.25, 0.3) is 0 Å². The largest absolute Gasteiger partial charge is 0.478 e. The molecule has 0 aliphatic carbocycles. The fourth-order valence-corrected chi connectivity index (χ4v) is 2.92. The summed E-state index contributed by atoms with van der Waals surface area (Å²) in [4.78, 5) is 16.5. The Kier molecular flexibility index (Phi) is 2.83. The van der Waals surface area contributed by atoms with E-state index in [1.165, 1.54) is 4.88 Å². The number of rotatable bonds is 3. The number of carboxylic acids is 1. The molecule has 1 atom stereocenters. The SMILES string of the molecule is CC(c1cccs1)n1cnc2cc(C(=O)O)ccc21. The van der Waals surface area contributed by atoms with E-state index >= 15 is 0 Å². The zero-order valence-electron chi connectivity index (χ0n) is 10.3. The molecule has 3 rings (SSSR count). The minimum absolute atomic E-state index is 0.195. The number of aromatic carboxylic acids is 1. The van der Waals surface area contributed by atoms with Crippen LogP contribution in [0.5, 0.6) is 0 Å². The summed E-state index contributed by atoms with van der Waals surface area (Å²) in [5.74, 6) is -0.928. The second-order valence-electron chi connectivity index (χ2n) is 4.35. The van der Waals surface area contributed by atoms with Crippen LogP contribution in [0.1, 0.15) is 28.2 Å². The molecular formula is C14H12N2O2S. The first kappa shape index (κ1) is 11.9. The molecule has 5 heteroatoms. The van der Waals surface area contributed by atoms with Gasteiger partial charge in [0.05, 0.1) is 29.0 Å². The summed E-state index contributed by atoms with van der Waals surface area (Å²) in [6, 6.07) is 9.35. The topological polar surface area (TPSA) is 55.1 Å². The second-order valence-corrected chi connectivity index (χ2v) is 5.33. The van der Waals surface area contributed by atoms with Crippen molar-refractivity contribution in [3.63, 3.8) is 0 Å². The summed E-state index contributed by atoms with van der Waals surface area (Å²) in [5.41, 5.74) is 1.93. The number of carbonyl (C=O) groups is 1. The summed E-state index contributed by atoms with van der Waals surface area (Å²) < 4.78 is 2.06. The molecule has 2 aromatic heterocycles. The first-order valence-electron chi connectivity index (χ1n) is 5.90. The van der Waals surface area contributed by atoms with Gasteiger partial charge < -0.3 is 9.67 Å². The molecule has 1 unspecified atom stereocenters. The third kappa shape index (κ3) is 2.02. The average molecular weight is 272 g/mol. The minimum Gasteiger partial charge on any atom is -0.478 e. The van der Waals surface area contributed by atoms with E-state index in [0.29, 0.717) is 5.52 Å². The number of benzene rings is 1. The van der Waals surface area contributed by atoms with Crippen molar-refractivity contribution in [3.8, 4) is 0 Å². The first-order chi connectivity index (χ1) is 9.16. The normalized spacial score (nSPS) is 12.7. The molecule has 1 aromatic carbocycles. The maximum absolute atomic E-state index is 10.9. The van der Waals surface area contributed by atoms with Gasteiger partial charge in [0.15, 0.2) is 0 Å². The Morgan fingerprint density at radius 2 is 2.26 bits per heavy atom. The third-order valence-electron chi connectivity index (χ3n) is 3.19. The number of aromatic nitrogens is 2. The predicted molar refractivity (Wildman–Crippen MR) is 74.8 cm³/mol. The van der Waals surface area contributed by atoms with Gasteiger partial charge in [-0.25, -0.2) is 9.78 Å².